The molecule has 2 nitrogen and oxygen atoms in total. The second-order valence-corrected chi connectivity index (χ2v) is 5.48. The van der Waals surface area contributed by atoms with Crippen molar-refractivity contribution in [3.8, 4) is 0 Å². The quantitative estimate of drug-likeness (QED) is 0.736. The summed E-state index contributed by atoms with van der Waals surface area (Å²) in [5.74, 6) is -0.158. The van der Waals surface area contributed by atoms with Crippen molar-refractivity contribution in [1.29, 1.82) is 0 Å². The van der Waals surface area contributed by atoms with Gasteiger partial charge in [0.2, 0.25) is 0 Å². The number of carbonyl (C=O) groups is 1. The van der Waals surface area contributed by atoms with E-state index in [-0.39, 0.29) is 12.1 Å². The van der Waals surface area contributed by atoms with Crippen LogP contribution < -0.4 is 0 Å². The summed E-state index contributed by atoms with van der Waals surface area (Å²) in [4.78, 5) is 12.1. The Kier molecular flexibility index (Phi) is 3.30. The smallest absolute Gasteiger partial charge is 0.338 e. The SMILES string of the molecule is CCC1Cc2c(C)c(Br)c(C)c(C)c2C(=O)O1. The van der Waals surface area contributed by atoms with Crippen molar-refractivity contribution in [2.45, 2.75) is 46.6 Å². The number of rotatable bonds is 1. The van der Waals surface area contributed by atoms with Gasteiger partial charge in [-0.1, -0.05) is 22.9 Å². The highest BCUT2D eigenvalue weighted by molar-refractivity contribution is 9.10. The summed E-state index contributed by atoms with van der Waals surface area (Å²) < 4.78 is 6.56. The summed E-state index contributed by atoms with van der Waals surface area (Å²) in [5.41, 5.74) is 5.29. The van der Waals surface area contributed by atoms with E-state index >= 15 is 0 Å². The lowest BCUT2D eigenvalue weighted by Crippen LogP contribution is -2.29. The second kappa shape index (κ2) is 4.45. The van der Waals surface area contributed by atoms with Crippen molar-refractivity contribution in [2.24, 2.45) is 0 Å². The van der Waals surface area contributed by atoms with Gasteiger partial charge in [0.15, 0.2) is 0 Å². The molecule has 1 aromatic carbocycles. The van der Waals surface area contributed by atoms with Gasteiger partial charge in [0.1, 0.15) is 6.10 Å². The molecule has 0 fully saturated rings. The minimum absolute atomic E-state index is 0.0303. The van der Waals surface area contributed by atoms with Crippen LogP contribution in [0.5, 0.6) is 0 Å². The molecule has 3 heteroatoms. The Hall–Kier alpha value is -0.830. The monoisotopic (exact) mass is 296 g/mol. The standard InChI is InChI=1S/C14H17BrO2/c1-5-10-6-11-9(4)13(15)8(3)7(2)12(11)14(16)17-10/h10H,5-6H2,1-4H3. The maximum Gasteiger partial charge on any atom is 0.338 e. The fourth-order valence-electron chi connectivity index (χ4n) is 2.42. The van der Waals surface area contributed by atoms with E-state index in [4.69, 9.17) is 4.74 Å². The highest BCUT2D eigenvalue weighted by atomic mass is 79.9. The summed E-state index contributed by atoms with van der Waals surface area (Å²) in [7, 11) is 0. The fraction of sp³-hybridized carbons (Fsp3) is 0.500. The molecule has 0 aliphatic carbocycles. The van der Waals surface area contributed by atoms with Gasteiger partial charge in [-0.3, -0.25) is 0 Å². The van der Waals surface area contributed by atoms with Crippen LogP contribution >= 0.6 is 15.9 Å². The summed E-state index contributed by atoms with van der Waals surface area (Å²) in [6, 6.07) is 0. The number of esters is 1. The molecule has 0 radical (unpaired) electrons. The van der Waals surface area contributed by atoms with E-state index in [1.54, 1.807) is 0 Å². The molecule has 1 aromatic rings. The molecule has 0 saturated heterocycles. The second-order valence-electron chi connectivity index (χ2n) is 4.68. The van der Waals surface area contributed by atoms with Gasteiger partial charge in [-0.25, -0.2) is 4.79 Å². The van der Waals surface area contributed by atoms with E-state index in [9.17, 15) is 4.79 Å². The topological polar surface area (TPSA) is 26.3 Å². The fourth-order valence-corrected chi connectivity index (χ4v) is 2.96. The van der Waals surface area contributed by atoms with Crippen LogP contribution in [0.15, 0.2) is 4.47 Å². The Morgan fingerprint density at radius 2 is 1.88 bits per heavy atom. The number of benzene rings is 1. The average molecular weight is 297 g/mol. The summed E-state index contributed by atoms with van der Waals surface area (Å²) in [6.07, 6.45) is 1.74. The highest BCUT2D eigenvalue weighted by Crippen LogP contribution is 2.35. The van der Waals surface area contributed by atoms with Crippen LogP contribution in [-0.2, 0) is 11.2 Å². The molecule has 1 unspecified atom stereocenters. The van der Waals surface area contributed by atoms with E-state index in [1.165, 1.54) is 5.56 Å². The van der Waals surface area contributed by atoms with Crippen LogP contribution in [0.2, 0.25) is 0 Å². The molecule has 0 N–H and O–H groups in total. The molecule has 1 aliphatic rings. The lowest BCUT2D eigenvalue weighted by molar-refractivity contribution is 0.0247. The van der Waals surface area contributed by atoms with Crippen molar-refractivity contribution >= 4 is 21.9 Å². The van der Waals surface area contributed by atoms with Gasteiger partial charge in [-0.05, 0) is 49.4 Å². The lowest BCUT2D eigenvalue weighted by atomic mass is 9.88. The molecule has 0 aromatic heterocycles. The highest BCUT2D eigenvalue weighted by Gasteiger charge is 2.30. The maximum absolute atomic E-state index is 12.1. The maximum atomic E-state index is 12.1. The Labute approximate surface area is 110 Å². The molecular formula is C14H17BrO2. The first-order valence-corrected chi connectivity index (χ1v) is 6.75. The number of carbonyl (C=O) groups excluding carboxylic acids is 1. The Balaban J connectivity index is 2.68. The van der Waals surface area contributed by atoms with E-state index in [2.05, 4.69) is 22.9 Å². The van der Waals surface area contributed by atoms with Crippen LogP contribution in [0.25, 0.3) is 0 Å². The lowest BCUT2D eigenvalue weighted by Gasteiger charge is -2.28. The number of hydrogen-bond acceptors (Lipinski definition) is 2. The van der Waals surface area contributed by atoms with E-state index in [0.717, 1.165) is 39.6 Å². The first-order chi connectivity index (χ1) is 7.97. The molecule has 0 saturated carbocycles. The predicted octanol–water partition coefficient (Wildman–Crippen LogP) is 3.87. The minimum atomic E-state index is -0.158. The molecule has 17 heavy (non-hydrogen) atoms. The third kappa shape index (κ3) is 1.90. The van der Waals surface area contributed by atoms with Gasteiger partial charge in [-0.15, -0.1) is 0 Å². The minimum Gasteiger partial charge on any atom is -0.458 e. The van der Waals surface area contributed by atoms with Crippen molar-refractivity contribution in [3.05, 3.63) is 32.3 Å². The van der Waals surface area contributed by atoms with E-state index in [1.807, 2.05) is 20.8 Å². The normalized spacial score (nSPS) is 18.9. The summed E-state index contributed by atoms with van der Waals surface area (Å²) in [6.45, 7) is 8.15. The van der Waals surface area contributed by atoms with Crippen molar-refractivity contribution in [2.75, 3.05) is 0 Å². The van der Waals surface area contributed by atoms with E-state index < -0.39 is 0 Å². The average Bonchev–Trinajstić information content (AvgIpc) is 2.32. The van der Waals surface area contributed by atoms with Crippen LogP contribution in [0.1, 0.15) is 46.0 Å². The molecular weight excluding hydrogens is 280 g/mol. The third-order valence-electron chi connectivity index (χ3n) is 3.72. The number of fused-ring (bicyclic) bond motifs is 1. The van der Waals surface area contributed by atoms with Crippen molar-refractivity contribution in [3.63, 3.8) is 0 Å². The largest absolute Gasteiger partial charge is 0.458 e. The molecule has 0 bridgehead atoms. The zero-order valence-electron chi connectivity index (χ0n) is 10.7. The third-order valence-corrected chi connectivity index (χ3v) is 4.90. The molecule has 92 valence electrons. The molecule has 0 amide bonds. The zero-order valence-corrected chi connectivity index (χ0v) is 12.3. The first-order valence-electron chi connectivity index (χ1n) is 5.96. The molecule has 2 rings (SSSR count). The van der Waals surface area contributed by atoms with Gasteiger partial charge < -0.3 is 4.74 Å². The number of cyclic esters (lactones) is 1. The molecule has 1 aliphatic heterocycles. The van der Waals surface area contributed by atoms with Crippen LogP contribution in [0.3, 0.4) is 0 Å². The van der Waals surface area contributed by atoms with Gasteiger partial charge >= 0.3 is 5.97 Å². The number of hydrogen-bond donors (Lipinski definition) is 0. The van der Waals surface area contributed by atoms with Crippen molar-refractivity contribution < 1.29 is 9.53 Å². The summed E-state index contributed by atoms with van der Waals surface area (Å²) >= 11 is 3.62. The Morgan fingerprint density at radius 1 is 1.24 bits per heavy atom. The van der Waals surface area contributed by atoms with Gasteiger partial charge in [-0.2, -0.15) is 0 Å². The zero-order chi connectivity index (χ0) is 12.7. The van der Waals surface area contributed by atoms with Crippen molar-refractivity contribution in [1.82, 2.24) is 0 Å². The number of ether oxygens (including phenoxy) is 1. The van der Waals surface area contributed by atoms with Crippen LogP contribution in [0, 0.1) is 20.8 Å². The van der Waals surface area contributed by atoms with Gasteiger partial charge in [0, 0.05) is 10.9 Å². The Morgan fingerprint density at radius 3 is 2.47 bits per heavy atom. The number of halogens is 1. The molecule has 0 spiro atoms. The summed E-state index contributed by atoms with van der Waals surface area (Å²) in [5, 5.41) is 0. The van der Waals surface area contributed by atoms with E-state index in [0.29, 0.717) is 0 Å². The van der Waals surface area contributed by atoms with Gasteiger partial charge in [0.25, 0.3) is 0 Å². The Bertz CT molecular complexity index is 492. The van der Waals surface area contributed by atoms with Crippen LogP contribution in [0.4, 0.5) is 0 Å². The predicted molar refractivity (Wildman–Crippen MR) is 71.6 cm³/mol. The van der Waals surface area contributed by atoms with Crippen LogP contribution in [-0.4, -0.2) is 12.1 Å². The van der Waals surface area contributed by atoms with Gasteiger partial charge in [0.05, 0.1) is 5.56 Å². The molecule has 1 atom stereocenters. The molecule has 1 heterocycles. The first kappa shape index (κ1) is 12.6.